The van der Waals surface area contributed by atoms with Crippen LogP contribution in [-0.4, -0.2) is 30.6 Å². The van der Waals surface area contributed by atoms with Gasteiger partial charge in [0.05, 0.1) is 0 Å². The van der Waals surface area contributed by atoms with E-state index in [-0.39, 0.29) is 0 Å². The van der Waals surface area contributed by atoms with Crippen molar-refractivity contribution in [3.63, 3.8) is 0 Å². The van der Waals surface area contributed by atoms with Gasteiger partial charge in [0.1, 0.15) is 0 Å². The molecule has 0 bridgehead atoms. The van der Waals surface area contributed by atoms with Gasteiger partial charge in [0.2, 0.25) is 0 Å². The minimum Gasteiger partial charge on any atom is -0.330 e. The minimum atomic E-state index is 0.495. The van der Waals surface area contributed by atoms with Crippen molar-refractivity contribution in [1.29, 1.82) is 0 Å². The molecule has 2 nitrogen and oxygen atoms in total. The van der Waals surface area contributed by atoms with Crippen molar-refractivity contribution in [2.24, 2.45) is 11.1 Å². The highest BCUT2D eigenvalue weighted by molar-refractivity contribution is 4.85. The van der Waals surface area contributed by atoms with Crippen molar-refractivity contribution < 1.29 is 0 Å². The van der Waals surface area contributed by atoms with Crippen LogP contribution in [0.5, 0.6) is 0 Å². The van der Waals surface area contributed by atoms with Crippen molar-refractivity contribution in [2.45, 2.75) is 70.8 Å². The smallest absolute Gasteiger partial charge is 0.00669 e. The van der Waals surface area contributed by atoms with Crippen molar-refractivity contribution in [2.75, 3.05) is 19.6 Å². The first-order valence-corrected chi connectivity index (χ1v) is 7.70. The lowest BCUT2D eigenvalue weighted by Crippen LogP contribution is -2.42. The predicted molar refractivity (Wildman–Crippen MR) is 74.1 cm³/mol. The molecule has 0 amide bonds. The van der Waals surface area contributed by atoms with Crippen LogP contribution in [0.25, 0.3) is 0 Å². The van der Waals surface area contributed by atoms with Gasteiger partial charge < -0.3 is 10.6 Å². The SMILES string of the molecule is CC1CCCCN1CCC1(CN)CCCCC1. The minimum absolute atomic E-state index is 0.495. The normalized spacial score (nSPS) is 30.4. The number of likely N-dealkylation sites (tertiary alicyclic amines) is 1. The van der Waals surface area contributed by atoms with E-state index in [1.54, 1.807) is 0 Å². The number of piperidine rings is 1. The number of hydrogen-bond acceptors (Lipinski definition) is 2. The summed E-state index contributed by atoms with van der Waals surface area (Å²) in [6.45, 7) is 5.92. The van der Waals surface area contributed by atoms with Crippen LogP contribution in [0, 0.1) is 5.41 Å². The molecule has 2 rings (SSSR count). The topological polar surface area (TPSA) is 29.3 Å². The van der Waals surface area contributed by atoms with Crippen LogP contribution in [0.3, 0.4) is 0 Å². The van der Waals surface area contributed by atoms with Crippen molar-refractivity contribution >= 4 is 0 Å². The summed E-state index contributed by atoms with van der Waals surface area (Å²) in [5.74, 6) is 0. The molecule has 2 aliphatic rings. The Kier molecular flexibility index (Phi) is 4.87. The molecule has 17 heavy (non-hydrogen) atoms. The van der Waals surface area contributed by atoms with Crippen LogP contribution in [0.15, 0.2) is 0 Å². The van der Waals surface area contributed by atoms with E-state index in [2.05, 4.69) is 11.8 Å². The van der Waals surface area contributed by atoms with Crippen LogP contribution < -0.4 is 5.73 Å². The van der Waals surface area contributed by atoms with Gasteiger partial charge in [0.25, 0.3) is 0 Å². The molecule has 0 radical (unpaired) electrons. The van der Waals surface area contributed by atoms with Crippen LogP contribution in [0.4, 0.5) is 0 Å². The van der Waals surface area contributed by atoms with Gasteiger partial charge in [-0.15, -0.1) is 0 Å². The van der Waals surface area contributed by atoms with Gasteiger partial charge in [0, 0.05) is 6.04 Å². The average molecular weight is 238 g/mol. The van der Waals surface area contributed by atoms with Crippen molar-refractivity contribution in [3.05, 3.63) is 0 Å². The second-order valence-electron chi connectivity index (χ2n) is 6.40. The third kappa shape index (κ3) is 3.45. The summed E-state index contributed by atoms with van der Waals surface area (Å²) in [4.78, 5) is 2.70. The molecule has 1 unspecified atom stereocenters. The third-order valence-electron chi connectivity index (χ3n) is 5.22. The van der Waals surface area contributed by atoms with E-state index in [4.69, 9.17) is 5.73 Å². The zero-order valence-corrected chi connectivity index (χ0v) is 11.6. The highest BCUT2D eigenvalue weighted by Gasteiger charge is 2.31. The van der Waals surface area contributed by atoms with Crippen LogP contribution >= 0.6 is 0 Å². The molecule has 0 aromatic rings. The van der Waals surface area contributed by atoms with Gasteiger partial charge >= 0.3 is 0 Å². The Morgan fingerprint density at radius 2 is 1.88 bits per heavy atom. The average Bonchev–Trinajstić information content (AvgIpc) is 2.39. The predicted octanol–water partition coefficient (Wildman–Crippen LogP) is 3.16. The zero-order valence-electron chi connectivity index (χ0n) is 11.6. The fraction of sp³-hybridized carbons (Fsp3) is 1.00. The molecule has 1 saturated carbocycles. The monoisotopic (exact) mass is 238 g/mol. The van der Waals surface area contributed by atoms with E-state index in [0.29, 0.717) is 5.41 Å². The molecule has 0 spiro atoms. The standard InChI is InChI=1S/C15H30N2/c1-14-7-3-6-11-17(14)12-10-15(13-16)8-4-2-5-9-15/h14H,2-13,16H2,1H3. The largest absolute Gasteiger partial charge is 0.330 e. The molecule has 1 atom stereocenters. The first kappa shape index (κ1) is 13.4. The van der Waals surface area contributed by atoms with Crippen molar-refractivity contribution in [1.82, 2.24) is 4.90 Å². The maximum Gasteiger partial charge on any atom is 0.00669 e. The number of rotatable bonds is 4. The summed E-state index contributed by atoms with van der Waals surface area (Å²) >= 11 is 0. The maximum atomic E-state index is 6.07. The molecule has 0 aromatic heterocycles. The van der Waals surface area contributed by atoms with E-state index >= 15 is 0 Å². The Hall–Kier alpha value is -0.0800. The van der Waals surface area contributed by atoms with Gasteiger partial charge in [-0.3, -0.25) is 0 Å². The molecule has 2 heteroatoms. The summed E-state index contributed by atoms with van der Waals surface area (Å²) in [5.41, 5.74) is 6.57. The second kappa shape index (κ2) is 6.19. The lowest BCUT2D eigenvalue weighted by atomic mass is 9.71. The lowest BCUT2D eigenvalue weighted by molar-refractivity contribution is 0.108. The Balaban J connectivity index is 1.82. The van der Waals surface area contributed by atoms with Crippen LogP contribution in [0.2, 0.25) is 0 Å². The van der Waals surface area contributed by atoms with E-state index in [1.807, 2.05) is 0 Å². The molecular weight excluding hydrogens is 208 g/mol. The quantitative estimate of drug-likeness (QED) is 0.815. The van der Waals surface area contributed by atoms with E-state index in [0.717, 1.165) is 12.6 Å². The fourth-order valence-corrected chi connectivity index (χ4v) is 3.73. The molecule has 0 aromatic carbocycles. The van der Waals surface area contributed by atoms with Crippen LogP contribution in [-0.2, 0) is 0 Å². The van der Waals surface area contributed by atoms with Gasteiger partial charge in [0.15, 0.2) is 0 Å². The molecule has 1 heterocycles. The second-order valence-corrected chi connectivity index (χ2v) is 6.40. The molecule has 1 aliphatic carbocycles. The highest BCUT2D eigenvalue weighted by Crippen LogP contribution is 2.38. The van der Waals surface area contributed by atoms with E-state index in [9.17, 15) is 0 Å². The third-order valence-corrected chi connectivity index (χ3v) is 5.22. The Morgan fingerprint density at radius 3 is 2.53 bits per heavy atom. The Labute approximate surface area is 107 Å². The Bertz CT molecular complexity index is 221. The van der Waals surface area contributed by atoms with Gasteiger partial charge in [-0.1, -0.05) is 25.7 Å². The highest BCUT2D eigenvalue weighted by atomic mass is 15.2. The Morgan fingerprint density at radius 1 is 1.12 bits per heavy atom. The molecule has 2 fully saturated rings. The summed E-state index contributed by atoms with van der Waals surface area (Å²) < 4.78 is 0. The van der Waals surface area contributed by atoms with Gasteiger partial charge in [-0.25, -0.2) is 0 Å². The van der Waals surface area contributed by atoms with Crippen LogP contribution in [0.1, 0.15) is 64.7 Å². The lowest BCUT2D eigenvalue weighted by Gasteiger charge is -2.40. The maximum absolute atomic E-state index is 6.07. The number of nitrogens with zero attached hydrogens (tertiary/aromatic N) is 1. The van der Waals surface area contributed by atoms with Gasteiger partial charge in [-0.2, -0.15) is 0 Å². The van der Waals surface area contributed by atoms with E-state index < -0.39 is 0 Å². The number of hydrogen-bond donors (Lipinski definition) is 1. The fourth-order valence-electron chi connectivity index (χ4n) is 3.73. The molecular formula is C15H30N2. The molecule has 1 saturated heterocycles. The molecule has 100 valence electrons. The number of nitrogens with two attached hydrogens (primary N) is 1. The van der Waals surface area contributed by atoms with E-state index in [1.165, 1.54) is 70.9 Å². The molecule has 2 N–H and O–H groups in total. The summed E-state index contributed by atoms with van der Waals surface area (Å²) in [7, 11) is 0. The summed E-state index contributed by atoms with van der Waals surface area (Å²) in [6, 6.07) is 0.808. The summed E-state index contributed by atoms with van der Waals surface area (Å²) in [5, 5.41) is 0. The first-order chi connectivity index (χ1) is 8.26. The van der Waals surface area contributed by atoms with Crippen molar-refractivity contribution in [3.8, 4) is 0 Å². The van der Waals surface area contributed by atoms with Gasteiger partial charge in [-0.05, 0) is 64.1 Å². The zero-order chi connectivity index (χ0) is 12.1. The first-order valence-electron chi connectivity index (χ1n) is 7.70. The summed E-state index contributed by atoms with van der Waals surface area (Å²) in [6.07, 6.45) is 12.6. The molecule has 1 aliphatic heterocycles.